The predicted molar refractivity (Wildman–Crippen MR) is 143 cm³/mol. The molecule has 2 heterocycles. The van der Waals surface area contributed by atoms with Gasteiger partial charge in [-0.1, -0.05) is 32.0 Å². The standard InChI is InChI=1S/C29H28FN3O4S/c1-3-24-25(11-13-27(28(24)30)38(35,36)4-2)29(34)32-16-17-37-26-12-8-21(18-22(26)19-32)20-6-9-23(10-7-20)33-15-5-14-31-33/h5-15,18H,3-4,16-17,19H2,1-2H3. The van der Waals surface area contributed by atoms with Crippen molar-refractivity contribution in [2.75, 3.05) is 18.9 Å². The van der Waals surface area contributed by atoms with Crippen LogP contribution >= 0.6 is 0 Å². The van der Waals surface area contributed by atoms with Gasteiger partial charge >= 0.3 is 0 Å². The van der Waals surface area contributed by atoms with Crippen LogP contribution in [0.15, 0.2) is 78.0 Å². The Morgan fingerprint density at radius 3 is 2.50 bits per heavy atom. The van der Waals surface area contributed by atoms with Gasteiger partial charge in [0.25, 0.3) is 5.91 Å². The molecule has 0 spiro atoms. The summed E-state index contributed by atoms with van der Waals surface area (Å²) in [5, 5.41) is 4.25. The Labute approximate surface area is 221 Å². The van der Waals surface area contributed by atoms with Crippen molar-refractivity contribution in [3.63, 3.8) is 0 Å². The lowest BCUT2D eigenvalue weighted by atomic mass is 10.0. The first kappa shape index (κ1) is 25.7. The third-order valence-electron chi connectivity index (χ3n) is 6.80. The van der Waals surface area contributed by atoms with Gasteiger partial charge in [0.1, 0.15) is 23.1 Å². The third-order valence-corrected chi connectivity index (χ3v) is 8.55. The van der Waals surface area contributed by atoms with E-state index >= 15 is 4.39 Å². The van der Waals surface area contributed by atoms with Gasteiger partial charge < -0.3 is 9.64 Å². The lowest BCUT2D eigenvalue weighted by Crippen LogP contribution is -2.33. The second-order valence-corrected chi connectivity index (χ2v) is 11.3. The first-order valence-corrected chi connectivity index (χ1v) is 14.2. The van der Waals surface area contributed by atoms with E-state index in [9.17, 15) is 13.2 Å². The molecule has 7 nitrogen and oxygen atoms in total. The van der Waals surface area contributed by atoms with Crippen molar-refractivity contribution in [2.24, 2.45) is 0 Å². The minimum atomic E-state index is -3.75. The normalized spacial score (nSPS) is 13.5. The number of halogens is 1. The highest BCUT2D eigenvalue weighted by atomic mass is 32.2. The largest absolute Gasteiger partial charge is 0.491 e. The number of ether oxygens (including phenoxy) is 1. The van der Waals surface area contributed by atoms with Crippen LogP contribution in [0.5, 0.6) is 5.75 Å². The maximum Gasteiger partial charge on any atom is 0.254 e. The Morgan fingerprint density at radius 1 is 1.05 bits per heavy atom. The van der Waals surface area contributed by atoms with Gasteiger partial charge in [0.2, 0.25) is 0 Å². The summed E-state index contributed by atoms with van der Waals surface area (Å²) in [5.74, 6) is -0.711. The number of amides is 1. The average Bonchev–Trinajstić information content (AvgIpc) is 3.39. The molecule has 1 aromatic heterocycles. The molecule has 9 heteroatoms. The van der Waals surface area contributed by atoms with Crippen LogP contribution in [-0.4, -0.2) is 47.9 Å². The summed E-state index contributed by atoms with van der Waals surface area (Å²) in [5.41, 5.74) is 4.06. The fraction of sp³-hybridized carbons (Fsp3) is 0.241. The summed E-state index contributed by atoms with van der Waals surface area (Å²) in [6.45, 7) is 4.08. The van der Waals surface area contributed by atoms with E-state index in [1.807, 2.05) is 54.7 Å². The smallest absolute Gasteiger partial charge is 0.254 e. The van der Waals surface area contributed by atoms with E-state index in [4.69, 9.17) is 4.74 Å². The topological polar surface area (TPSA) is 81.5 Å². The molecule has 1 aliphatic rings. The first-order valence-electron chi connectivity index (χ1n) is 12.5. The Kier molecular flexibility index (Phi) is 7.03. The molecular weight excluding hydrogens is 505 g/mol. The molecule has 196 valence electrons. The van der Waals surface area contributed by atoms with E-state index in [1.165, 1.54) is 19.1 Å². The van der Waals surface area contributed by atoms with Crippen LogP contribution in [-0.2, 0) is 22.8 Å². The van der Waals surface area contributed by atoms with Gasteiger partial charge in [-0.05, 0) is 60.0 Å². The molecule has 3 aromatic carbocycles. The van der Waals surface area contributed by atoms with Crippen molar-refractivity contribution in [1.82, 2.24) is 14.7 Å². The Morgan fingerprint density at radius 2 is 1.82 bits per heavy atom. The zero-order valence-electron chi connectivity index (χ0n) is 21.2. The molecule has 38 heavy (non-hydrogen) atoms. The number of carbonyl (C=O) groups is 1. The van der Waals surface area contributed by atoms with Crippen LogP contribution in [0.1, 0.15) is 35.3 Å². The maximum absolute atomic E-state index is 15.2. The molecular formula is C29H28FN3O4S. The molecule has 5 rings (SSSR count). The number of hydrogen-bond donors (Lipinski definition) is 0. The lowest BCUT2D eigenvalue weighted by molar-refractivity contribution is 0.0731. The second-order valence-electron chi connectivity index (χ2n) is 9.06. The molecule has 1 aliphatic heterocycles. The van der Waals surface area contributed by atoms with Crippen LogP contribution in [0.2, 0.25) is 0 Å². The molecule has 0 radical (unpaired) electrons. The van der Waals surface area contributed by atoms with Crippen molar-refractivity contribution in [1.29, 1.82) is 0 Å². The minimum Gasteiger partial charge on any atom is -0.491 e. The van der Waals surface area contributed by atoms with Gasteiger partial charge in [-0.2, -0.15) is 5.10 Å². The Bertz CT molecular complexity index is 1580. The summed E-state index contributed by atoms with van der Waals surface area (Å²) in [4.78, 5) is 14.8. The zero-order valence-corrected chi connectivity index (χ0v) is 22.0. The van der Waals surface area contributed by atoms with E-state index in [-0.39, 0.29) is 40.6 Å². The van der Waals surface area contributed by atoms with Gasteiger partial charge in [0.05, 0.1) is 18.0 Å². The number of fused-ring (bicyclic) bond motifs is 1. The highest BCUT2D eigenvalue weighted by molar-refractivity contribution is 7.91. The minimum absolute atomic E-state index is 0.112. The molecule has 0 N–H and O–H groups in total. The number of sulfone groups is 1. The molecule has 0 saturated heterocycles. The summed E-state index contributed by atoms with van der Waals surface area (Å²) in [6, 6.07) is 18.4. The average molecular weight is 534 g/mol. The maximum atomic E-state index is 15.2. The molecule has 0 bridgehead atoms. The summed E-state index contributed by atoms with van der Waals surface area (Å²) in [6.07, 6.45) is 3.80. The summed E-state index contributed by atoms with van der Waals surface area (Å²) in [7, 11) is -3.75. The molecule has 1 amide bonds. The van der Waals surface area contributed by atoms with Gasteiger partial charge in [0, 0.05) is 35.6 Å². The van der Waals surface area contributed by atoms with Gasteiger partial charge in [-0.3, -0.25) is 4.79 Å². The first-order chi connectivity index (χ1) is 18.3. The van der Waals surface area contributed by atoms with Crippen molar-refractivity contribution in [3.05, 3.63) is 95.6 Å². The van der Waals surface area contributed by atoms with E-state index in [1.54, 1.807) is 22.7 Å². The summed E-state index contributed by atoms with van der Waals surface area (Å²) >= 11 is 0. The Balaban J connectivity index is 1.43. The highest BCUT2D eigenvalue weighted by Crippen LogP contribution is 2.31. The number of aromatic nitrogens is 2. The Hall–Kier alpha value is -3.98. The van der Waals surface area contributed by atoms with Crippen LogP contribution < -0.4 is 4.74 Å². The van der Waals surface area contributed by atoms with E-state index < -0.39 is 15.7 Å². The van der Waals surface area contributed by atoms with Crippen molar-refractivity contribution in [2.45, 2.75) is 31.7 Å². The summed E-state index contributed by atoms with van der Waals surface area (Å²) < 4.78 is 47.6. The SMILES string of the molecule is CCc1c(C(=O)N2CCOc3ccc(-c4ccc(-n5cccn5)cc4)cc3C2)ccc(S(=O)(=O)CC)c1F. The van der Waals surface area contributed by atoms with E-state index in [2.05, 4.69) is 5.10 Å². The number of nitrogens with zero attached hydrogens (tertiary/aromatic N) is 3. The van der Waals surface area contributed by atoms with E-state index in [0.717, 1.165) is 22.4 Å². The van der Waals surface area contributed by atoms with E-state index in [0.29, 0.717) is 18.9 Å². The molecule has 0 saturated carbocycles. The van der Waals surface area contributed by atoms with Crippen molar-refractivity contribution < 1.29 is 22.3 Å². The lowest BCUT2D eigenvalue weighted by Gasteiger charge is -2.22. The molecule has 0 unspecified atom stereocenters. The molecule has 0 fully saturated rings. The van der Waals surface area contributed by atoms with Gasteiger partial charge in [-0.15, -0.1) is 0 Å². The number of carbonyl (C=O) groups excluding carboxylic acids is 1. The fourth-order valence-electron chi connectivity index (χ4n) is 4.69. The van der Waals surface area contributed by atoms with Crippen LogP contribution in [0.3, 0.4) is 0 Å². The highest BCUT2D eigenvalue weighted by Gasteiger charge is 2.27. The molecule has 0 atom stereocenters. The second kappa shape index (κ2) is 10.4. The number of hydrogen-bond acceptors (Lipinski definition) is 5. The van der Waals surface area contributed by atoms with Crippen LogP contribution in [0, 0.1) is 5.82 Å². The zero-order chi connectivity index (χ0) is 26.9. The van der Waals surface area contributed by atoms with Crippen LogP contribution in [0.25, 0.3) is 16.8 Å². The molecule has 0 aliphatic carbocycles. The number of benzene rings is 3. The van der Waals surface area contributed by atoms with Gasteiger partial charge in [0.15, 0.2) is 9.84 Å². The quantitative estimate of drug-likeness (QED) is 0.346. The van der Waals surface area contributed by atoms with Crippen molar-refractivity contribution in [3.8, 4) is 22.6 Å². The fourth-order valence-corrected chi connectivity index (χ4v) is 5.67. The monoisotopic (exact) mass is 533 g/mol. The van der Waals surface area contributed by atoms with Crippen molar-refractivity contribution >= 4 is 15.7 Å². The predicted octanol–water partition coefficient (Wildman–Crippen LogP) is 5.07. The molecule has 4 aromatic rings. The van der Waals surface area contributed by atoms with Crippen LogP contribution in [0.4, 0.5) is 4.39 Å². The number of rotatable bonds is 6. The third kappa shape index (κ3) is 4.81. The van der Waals surface area contributed by atoms with Gasteiger partial charge in [-0.25, -0.2) is 17.5 Å².